The van der Waals surface area contributed by atoms with Crippen LogP contribution < -0.4 is 0 Å². The van der Waals surface area contributed by atoms with E-state index >= 15 is 0 Å². The molecule has 0 bridgehead atoms. The molecule has 1 saturated heterocycles. The lowest BCUT2D eigenvalue weighted by Gasteiger charge is -2.36. The fraction of sp³-hybridized carbons (Fsp3) is 0.391. The molecule has 1 heterocycles. The number of hydrogen-bond acceptors (Lipinski definition) is 2. The Balaban J connectivity index is 1.94. The third-order valence-electron chi connectivity index (χ3n) is 4.84. The summed E-state index contributed by atoms with van der Waals surface area (Å²) in [6, 6.07) is 20.9. The highest BCUT2D eigenvalue weighted by molar-refractivity contribution is 5.25. The van der Waals surface area contributed by atoms with Gasteiger partial charge in [-0.05, 0) is 43.7 Å². The Morgan fingerprint density at radius 1 is 0.880 bits per heavy atom. The fourth-order valence-electron chi connectivity index (χ4n) is 3.47. The van der Waals surface area contributed by atoms with Gasteiger partial charge in [-0.3, -0.25) is 0 Å². The maximum absolute atomic E-state index is 6.62. The van der Waals surface area contributed by atoms with Crippen LogP contribution in [0.5, 0.6) is 0 Å². The fourth-order valence-corrected chi connectivity index (χ4v) is 3.47. The first kappa shape index (κ1) is 17.9. The number of ether oxygens (including phenoxy) is 2. The van der Waals surface area contributed by atoms with E-state index in [9.17, 15) is 0 Å². The van der Waals surface area contributed by atoms with Crippen LogP contribution in [0, 0.1) is 0 Å². The molecule has 0 aliphatic carbocycles. The van der Waals surface area contributed by atoms with Crippen molar-refractivity contribution in [2.45, 2.75) is 57.0 Å². The van der Waals surface area contributed by atoms with Gasteiger partial charge in [-0.25, -0.2) is 0 Å². The highest BCUT2D eigenvalue weighted by Gasteiger charge is 2.32. The summed E-state index contributed by atoms with van der Waals surface area (Å²) in [5.74, 6) is 0. The van der Waals surface area contributed by atoms with Gasteiger partial charge in [-0.1, -0.05) is 66.7 Å². The molecule has 0 aromatic heterocycles. The first-order chi connectivity index (χ1) is 12.3. The lowest BCUT2D eigenvalue weighted by atomic mass is 9.95. The van der Waals surface area contributed by atoms with E-state index in [1.165, 1.54) is 11.1 Å². The van der Waals surface area contributed by atoms with E-state index in [2.05, 4.69) is 62.0 Å². The van der Waals surface area contributed by atoms with Crippen LogP contribution >= 0.6 is 0 Å². The van der Waals surface area contributed by atoms with Gasteiger partial charge >= 0.3 is 0 Å². The summed E-state index contributed by atoms with van der Waals surface area (Å²) in [5, 5.41) is 0. The number of hydrogen-bond donors (Lipinski definition) is 0. The van der Waals surface area contributed by atoms with Gasteiger partial charge in [0.1, 0.15) is 12.2 Å². The van der Waals surface area contributed by atoms with Crippen molar-refractivity contribution in [3.05, 3.63) is 84.4 Å². The minimum absolute atomic E-state index is 0.0925. The van der Waals surface area contributed by atoms with Gasteiger partial charge in [-0.2, -0.15) is 0 Å². The largest absolute Gasteiger partial charge is 0.367 e. The molecule has 2 nitrogen and oxygen atoms in total. The van der Waals surface area contributed by atoms with Crippen molar-refractivity contribution in [2.75, 3.05) is 0 Å². The Kier molecular flexibility index (Phi) is 6.43. The van der Waals surface area contributed by atoms with Crippen LogP contribution in [0.3, 0.4) is 0 Å². The van der Waals surface area contributed by atoms with Gasteiger partial charge < -0.3 is 9.47 Å². The van der Waals surface area contributed by atoms with E-state index in [1.807, 2.05) is 18.2 Å². The van der Waals surface area contributed by atoms with E-state index in [-0.39, 0.29) is 24.4 Å². The summed E-state index contributed by atoms with van der Waals surface area (Å²) >= 11 is 0. The predicted molar refractivity (Wildman–Crippen MR) is 102 cm³/mol. The standard InChI is InChI=1S/C23H28O2/c1-3-4-15-21-17-16-18(2)24-22(19-11-7-5-8-12-19)23(25-21)20-13-9-6-10-14-20/h3,5-14,18,21-23H,1,4,15-17H2,2H3/t18-,21+,22-,23-/m1/s1. The molecule has 4 atom stereocenters. The number of benzene rings is 2. The Hall–Kier alpha value is -1.90. The van der Waals surface area contributed by atoms with E-state index in [4.69, 9.17) is 9.47 Å². The molecule has 2 aromatic carbocycles. The first-order valence-electron chi connectivity index (χ1n) is 9.29. The molecule has 0 radical (unpaired) electrons. The molecule has 0 amide bonds. The Morgan fingerprint density at radius 2 is 1.44 bits per heavy atom. The first-order valence-corrected chi connectivity index (χ1v) is 9.29. The quantitative estimate of drug-likeness (QED) is 0.622. The molecule has 2 aromatic rings. The molecule has 0 N–H and O–H groups in total. The Labute approximate surface area is 151 Å². The maximum Gasteiger partial charge on any atom is 0.113 e. The summed E-state index contributed by atoms with van der Waals surface area (Å²) in [6.45, 7) is 6.04. The molecule has 1 aliphatic rings. The molecule has 132 valence electrons. The zero-order valence-electron chi connectivity index (χ0n) is 15.0. The molecule has 3 rings (SSSR count). The zero-order valence-corrected chi connectivity index (χ0v) is 15.0. The smallest absolute Gasteiger partial charge is 0.113 e. The molecular formula is C23H28O2. The third kappa shape index (κ3) is 4.81. The van der Waals surface area contributed by atoms with Gasteiger partial charge in [-0.15, -0.1) is 6.58 Å². The molecule has 25 heavy (non-hydrogen) atoms. The molecule has 0 unspecified atom stereocenters. The molecule has 0 saturated carbocycles. The van der Waals surface area contributed by atoms with Crippen molar-refractivity contribution in [1.82, 2.24) is 0 Å². The molecule has 2 heteroatoms. The number of rotatable bonds is 5. The summed E-state index contributed by atoms with van der Waals surface area (Å²) in [6.07, 6.45) is 6.29. The number of allylic oxidation sites excluding steroid dienone is 1. The maximum atomic E-state index is 6.62. The average molecular weight is 336 g/mol. The average Bonchev–Trinajstić information content (AvgIpc) is 2.66. The zero-order chi connectivity index (χ0) is 17.5. The Bertz CT molecular complexity index is 638. The minimum Gasteiger partial charge on any atom is -0.367 e. The second-order valence-electron chi connectivity index (χ2n) is 6.81. The highest BCUT2D eigenvalue weighted by Crippen LogP contribution is 2.40. The predicted octanol–water partition coefficient (Wildman–Crippen LogP) is 6.02. The van der Waals surface area contributed by atoms with Crippen molar-refractivity contribution >= 4 is 0 Å². The topological polar surface area (TPSA) is 18.5 Å². The van der Waals surface area contributed by atoms with E-state index in [0.29, 0.717) is 0 Å². The van der Waals surface area contributed by atoms with Crippen molar-refractivity contribution in [1.29, 1.82) is 0 Å². The molecule has 1 fully saturated rings. The monoisotopic (exact) mass is 336 g/mol. The van der Waals surface area contributed by atoms with E-state index in [1.54, 1.807) is 0 Å². The van der Waals surface area contributed by atoms with Crippen LogP contribution in [-0.4, -0.2) is 12.2 Å². The SMILES string of the molecule is C=CCC[C@H]1CC[C@@H](C)O[C@H](c2ccccc2)[C@@H](c2ccccc2)O1. The van der Waals surface area contributed by atoms with E-state index in [0.717, 1.165) is 25.7 Å². The van der Waals surface area contributed by atoms with Crippen LogP contribution in [0.4, 0.5) is 0 Å². The van der Waals surface area contributed by atoms with Crippen LogP contribution in [0.2, 0.25) is 0 Å². The van der Waals surface area contributed by atoms with Gasteiger partial charge in [0, 0.05) is 0 Å². The van der Waals surface area contributed by atoms with Crippen molar-refractivity contribution in [2.24, 2.45) is 0 Å². The summed E-state index contributed by atoms with van der Waals surface area (Å²) in [7, 11) is 0. The van der Waals surface area contributed by atoms with Gasteiger partial charge in [0.2, 0.25) is 0 Å². The molecule has 0 spiro atoms. The van der Waals surface area contributed by atoms with Gasteiger partial charge in [0.05, 0.1) is 12.2 Å². The van der Waals surface area contributed by atoms with E-state index < -0.39 is 0 Å². The van der Waals surface area contributed by atoms with Crippen LogP contribution in [0.25, 0.3) is 0 Å². The Morgan fingerprint density at radius 3 is 2.00 bits per heavy atom. The van der Waals surface area contributed by atoms with Gasteiger partial charge in [0.25, 0.3) is 0 Å². The van der Waals surface area contributed by atoms with Crippen LogP contribution in [0.15, 0.2) is 73.3 Å². The summed E-state index contributed by atoms with van der Waals surface area (Å²) in [5.41, 5.74) is 2.35. The minimum atomic E-state index is -0.0961. The summed E-state index contributed by atoms with van der Waals surface area (Å²) in [4.78, 5) is 0. The molecule has 1 aliphatic heterocycles. The van der Waals surface area contributed by atoms with Crippen LogP contribution in [0.1, 0.15) is 55.9 Å². The highest BCUT2D eigenvalue weighted by atomic mass is 16.6. The van der Waals surface area contributed by atoms with Crippen molar-refractivity contribution in [3.8, 4) is 0 Å². The second-order valence-corrected chi connectivity index (χ2v) is 6.81. The summed E-state index contributed by atoms with van der Waals surface area (Å²) < 4.78 is 13.1. The molecular weight excluding hydrogens is 308 g/mol. The third-order valence-corrected chi connectivity index (χ3v) is 4.84. The van der Waals surface area contributed by atoms with Gasteiger partial charge in [0.15, 0.2) is 0 Å². The lowest BCUT2D eigenvalue weighted by molar-refractivity contribution is -0.151. The van der Waals surface area contributed by atoms with Crippen molar-refractivity contribution < 1.29 is 9.47 Å². The van der Waals surface area contributed by atoms with Crippen LogP contribution in [-0.2, 0) is 9.47 Å². The van der Waals surface area contributed by atoms with Crippen molar-refractivity contribution in [3.63, 3.8) is 0 Å². The second kappa shape index (κ2) is 8.98. The normalized spacial score (nSPS) is 27.2. The lowest BCUT2D eigenvalue weighted by Crippen LogP contribution is -2.30.